The SMILES string of the molecule is CNC(=O)NC(=O)[C@H](c1ccccc1)N(C)Cc1ccc(C(=O)NC)cc1. The number of urea groups is 1. The molecule has 3 N–H and O–H groups in total. The van der Waals surface area contributed by atoms with Crippen molar-refractivity contribution in [1.29, 1.82) is 0 Å². The van der Waals surface area contributed by atoms with E-state index in [9.17, 15) is 14.4 Å². The number of nitrogens with zero attached hydrogens (tertiary/aromatic N) is 1. The molecule has 0 aliphatic rings. The van der Waals surface area contributed by atoms with Gasteiger partial charge in [0.1, 0.15) is 6.04 Å². The average molecular weight is 368 g/mol. The molecule has 27 heavy (non-hydrogen) atoms. The van der Waals surface area contributed by atoms with Gasteiger partial charge in [-0.3, -0.25) is 19.8 Å². The zero-order valence-corrected chi connectivity index (χ0v) is 15.7. The van der Waals surface area contributed by atoms with E-state index in [0.29, 0.717) is 12.1 Å². The molecule has 1 atom stereocenters. The van der Waals surface area contributed by atoms with Crippen molar-refractivity contribution in [3.63, 3.8) is 0 Å². The molecule has 0 aromatic heterocycles. The highest BCUT2D eigenvalue weighted by atomic mass is 16.2. The second-order valence-electron chi connectivity index (χ2n) is 6.07. The topological polar surface area (TPSA) is 90.5 Å². The number of rotatable bonds is 6. The maximum atomic E-state index is 12.7. The second-order valence-corrected chi connectivity index (χ2v) is 6.07. The first-order valence-corrected chi connectivity index (χ1v) is 8.55. The number of hydrogen-bond donors (Lipinski definition) is 3. The fourth-order valence-electron chi connectivity index (χ4n) is 2.77. The van der Waals surface area contributed by atoms with Crippen molar-refractivity contribution < 1.29 is 14.4 Å². The molecular formula is C20H24N4O3. The number of imide groups is 1. The third-order valence-corrected chi connectivity index (χ3v) is 4.14. The quantitative estimate of drug-likeness (QED) is 0.723. The van der Waals surface area contributed by atoms with E-state index in [1.54, 1.807) is 19.2 Å². The molecule has 2 aromatic rings. The van der Waals surface area contributed by atoms with E-state index in [2.05, 4.69) is 16.0 Å². The van der Waals surface area contributed by atoms with Crippen LogP contribution in [-0.2, 0) is 11.3 Å². The third-order valence-electron chi connectivity index (χ3n) is 4.14. The Hall–Kier alpha value is -3.19. The number of benzene rings is 2. The van der Waals surface area contributed by atoms with Crippen LogP contribution in [0.15, 0.2) is 54.6 Å². The number of amides is 4. The first kappa shape index (κ1) is 20.1. The van der Waals surface area contributed by atoms with E-state index in [0.717, 1.165) is 11.1 Å². The van der Waals surface area contributed by atoms with Gasteiger partial charge in [0.05, 0.1) is 0 Å². The predicted molar refractivity (Wildman–Crippen MR) is 103 cm³/mol. The third kappa shape index (κ3) is 5.39. The molecule has 7 heteroatoms. The van der Waals surface area contributed by atoms with Crippen LogP contribution in [0.2, 0.25) is 0 Å². The van der Waals surface area contributed by atoms with Gasteiger partial charge in [-0.25, -0.2) is 4.79 Å². The van der Waals surface area contributed by atoms with Crippen LogP contribution in [0, 0.1) is 0 Å². The number of likely N-dealkylation sites (N-methyl/N-ethyl adjacent to an activating group) is 1. The Morgan fingerprint density at radius 2 is 1.56 bits per heavy atom. The van der Waals surface area contributed by atoms with Crippen LogP contribution in [0.25, 0.3) is 0 Å². The molecular weight excluding hydrogens is 344 g/mol. The van der Waals surface area contributed by atoms with Gasteiger partial charge in [0.2, 0.25) is 5.91 Å². The van der Waals surface area contributed by atoms with Crippen molar-refractivity contribution in [2.75, 3.05) is 21.1 Å². The predicted octanol–water partition coefficient (Wildman–Crippen LogP) is 1.67. The molecule has 0 bridgehead atoms. The number of hydrogen-bond acceptors (Lipinski definition) is 4. The van der Waals surface area contributed by atoms with Gasteiger partial charge in [0.15, 0.2) is 0 Å². The Bertz CT molecular complexity index is 791. The number of carbonyl (C=O) groups excluding carboxylic acids is 3. The van der Waals surface area contributed by atoms with Crippen molar-refractivity contribution in [2.24, 2.45) is 0 Å². The van der Waals surface area contributed by atoms with Crippen LogP contribution < -0.4 is 16.0 Å². The Labute approximate surface area is 158 Å². The highest BCUT2D eigenvalue weighted by Gasteiger charge is 2.26. The molecule has 2 rings (SSSR count). The highest BCUT2D eigenvalue weighted by Crippen LogP contribution is 2.22. The van der Waals surface area contributed by atoms with Gasteiger partial charge in [-0.05, 0) is 30.3 Å². The smallest absolute Gasteiger partial charge is 0.321 e. The molecule has 0 saturated heterocycles. The molecule has 0 radical (unpaired) electrons. The van der Waals surface area contributed by atoms with Crippen LogP contribution in [-0.4, -0.2) is 43.9 Å². The second kappa shape index (κ2) is 9.49. The monoisotopic (exact) mass is 368 g/mol. The summed E-state index contributed by atoms with van der Waals surface area (Å²) in [7, 11) is 4.85. The largest absolute Gasteiger partial charge is 0.355 e. The first-order valence-electron chi connectivity index (χ1n) is 8.55. The highest BCUT2D eigenvalue weighted by molar-refractivity contribution is 5.97. The summed E-state index contributed by atoms with van der Waals surface area (Å²) in [5.74, 6) is -0.563. The van der Waals surface area contributed by atoms with Crippen molar-refractivity contribution >= 4 is 17.8 Å². The van der Waals surface area contributed by atoms with Crippen molar-refractivity contribution in [3.8, 4) is 0 Å². The summed E-state index contributed by atoms with van der Waals surface area (Å²) in [6.07, 6.45) is 0. The summed E-state index contributed by atoms with van der Waals surface area (Å²) in [4.78, 5) is 37.7. The molecule has 4 amide bonds. The minimum absolute atomic E-state index is 0.151. The first-order chi connectivity index (χ1) is 13.0. The molecule has 0 saturated carbocycles. The summed E-state index contributed by atoms with van der Waals surface area (Å²) >= 11 is 0. The molecule has 2 aromatic carbocycles. The zero-order valence-electron chi connectivity index (χ0n) is 15.7. The minimum Gasteiger partial charge on any atom is -0.355 e. The molecule has 0 heterocycles. The summed E-state index contributed by atoms with van der Waals surface area (Å²) in [5, 5.41) is 7.31. The maximum Gasteiger partial charge on any atom is 0.321 e. The summed E-state index contributed by atoms with van der Waals surface area (Å²) in [6.45, 7) is 0.467. The van der Waals surface area contributed by atoms with Gasteiger partial charge >= 0.3 is 6.03 Å². The van der Waals surface area contributed by atoms with E-state index in [4.69, 9.17) is 0 Å². The minimum atomic E-state index is -0.637. The molecule has 0 spiro atoms. The van der Waals surface area contributed by atoms with Crippen molar-refractivity contribution in [2.45, 2.75) is 12.6 Å². The van der Waals surface area contributed by atoms with E-state index >= 15 is 0 Å². The van der Waals surface area contributed by atoms with Gasteiger partial charge in [0, 0.05) is 26.2 Å². The Morgan fingerprint density at radius 1 is 0.926 bits per heavy atom. The van der Waals surface area contributed by atoms with Gasteiger partial charge in [-0.2, -0.15) is 0 Å². The lowest BCUT2D eigenvalue weighted by molar-refractivity contribution is -0.125. The lowest BCUT2D eigenvalue weighted by Gasteiger charge is -2.27. The molecule has 0 aliphatic carbocycles. The van der Waals surface area contributed by atoms with E-state index < -0.39 is 18.0 Å². The molecule has 7 nitrogen and oxygen atoms in total. The Morgan fingerprint density at radius 3 is 2.11 bits per heavy atom. The van der Waals surface area contributed by atoms with Crippen molar-refractivity contribution in [1.82, 2.24) is 20.9 Å². The van der Waals surface area contributed by atoms with E-state index in [1.807, 2.05) is 54.4 Å². The van der Waals surface area contributed by atoms with Gasteiger partial charge < -0.3 is 10.6 Å². The van der Waals surface area contributed by atoms with Crippen molar-refractivity contribution in [3.05, 3.63) is 71.3 Å². The average Bonchev–Trinajstić information content (AvgIpc) is 2.68. The van der Waals surface area contributed by atoms with E-state index in [-0.39, 0.29) is 5.91 Å². The molecule has 0 fully saturated rings. The molecule has 142 valence electrons. The Kier molecular flexibility index (Phi) is 7.08. The van der Waals surface area contributed by atoms with Crippen LogP contribution in [0.5, 0.6) is 0 Å². The standard InChI is InChI=1S/C20H24N4O3/c1-21-18(25)16-11-9-14(10-12-16)13-24(3)17(15-7-5-4-6-8-15)19(26)23-20(27)22-2/h4-12,17H,13H2,1-3H3,(H,21,25)(H2,22,23,26,27)/t17-/m0/s1. The van der Waals surface area contributed by atoms with Crippen LogP contribution >= 0.6 is 0 Å². The summed E-state index contributed by atoms with van der Waals surface area (Å²) in [5.41, 5.74) is 2.29. The Balaban J connectivity index is 2.20. The number of carbonyl (C=O) groups is 3. The molecule has 0 unspecified atom stereocenters. The summed E-state index contributed by atoms with van der Waals surface area (Å²) in [6, 6.07) is 15.2. The van der Waals surface area contributed by atoms with Crippen LogP contribution in [0.1, 0.15) is 27.5 Å². The fourth-order valence-corrected chi connectivity index (χ4v) is 2.77. The van der Waals surface area contributed by atoms with Gasteiger partial charge in [0.25, 0.3) is 5.91 Å². The normalized spacial score (nSPS) is 11.6. The lowest BCUT2D eigenvalue weighted by Crippen LogP contribution is -2.44. The zero-order chi connectivity index (χ0) is 19.8. The fraction of sp³-hybridized carbons (Fsp3) is 0.250. The van der Waals surface area contributed by atoms with E-state index in [1.165, 1.54) is 7.05 Å². The van der Waals surface area contributed by atoms with Gasteiger partial charge in [-0.15, -0.1) is 0 Å². The molecule has 0 aliphatic heterocycles. The van der Waals surface area contributed by atoms with Gasteiger partial charge in [-0.1, -0.05) is 42.5 Å². The van der Waals surface area contributed by atoms with Crippen LogP contribution in [0.4, 0.5) is 4.79 Å². The maximum absolute atomic E-state index is 12.7. The summed E-state index contributed by atoms with van der Waals surface area (Å²) < 4.78 is 0. The lowest BCUT2D eigenvalue weighted by atomic mass is 10.0. The van der Waals surface area contributed by atoms with Crippen LogP contribution in [0.3, 0.4) is 0 Å². The number of nitrogens with one attached hydrogen (secondary N) is 3.